The molecule has 4 aromatic carbocycles. The summed E-state index contributed by atoms with van der Waals surface area (Å²) in [7, 11) is 0. The van der Waals surface area contributed by atoms with Crippen molar-refractivity contribution in [2.45, 2.75) is 19.3 Å². The summed E-state index contributed by atoms with van der Waals surface area (Å²) in [6, 6.07) is 34.2. The molecule has 0 atom stereocenters. The van der Waals surface area contributed by atoms with Crippen LogP contribution in [0.3, 0.4) is 0 Å². The fraction of sp³-hybridized carbons (Fsp3) is 0.103. The summed E-state index contributed by atoms with van der Waals surface area (Å²) in [6.07, 6.45) is 0.996. The number of aromatic nitrogens is 2. The van der Waals surface area contributed by atoms with Gasteiger partial charge in [-0.15, -0.1) is 0 Å². The minimum atomic E-state index is 0.232. The summed E-state index contributed by atoms with van der Waals surface area (Å²) in [5, 5.41) is 4.94. The number of hydrogen-bond donors (Lipinski definition) is 0. The third kappa shape index (κ3) is 2.79. The minimum Gasteiger partial charge on any atom is -0.248 e. The van der Waals surface area contributed by atoms with Crippen molar-refractivity contribution in [2.75, 3.05) is 0 Å². The molecule has 0 saturated heterocycles. The highest BCUT2D eigenvalue weighted by atomic mass is 14.7. The molecule has 31 heavy (non-hydrogen) atoms. The van der Waals surface area contributed by atoms with Gasteiger partial charge in [-0.3, -0.25) is 0 Å². The lowest BCUT2D eigenvalue weighted by atomic mass is 9.81. The summed E-state index contributed by atoms with van der Waals surface area (Å²) in [6.45, 7) is 2.29. The Hall–Kier alpha value is -3.78. The van der Waals surface area contributed by atoms with Crippen molar-refractivity contribution in [3.63, 3.8) is 0 Å². The Labute approximate surface area is 181 Å². The van der Waals surface area contributed by atoms with E-state index in [0.717, 1.165) is 28.5 Å². The monoisotopic (exact) mass is 398 g/mol. The van der Waals surface area contributed by atoms with E-state index in [0.29, 0.717) is 0 Å². The normalized spacial score (nSPS) is 11.8. The zero-order valence-electron chi connectivity index (χ0n) is 17.4. The highest BCUT2D eigenvalue weighted by Crippen LogP contribution is 2.42. The van der Waals surface area contributed by atoms with Crippen LogP contribution in [-0.2, 0) is 0 Å². The fourth-order valence-electron chi connectivity index (χ4n) is 5.05. The van der Waals surface area contributed by atoms with Crippen LogP contribution < -0.4 is 0 Å². The van der Waals surface area contributed by atoms with Gasteiger partial charge in [0.25, 0.3) is 0 Å². The zero-order valence-corrected chi connectivity index (χ0v) is 17.4. The van der Waals surface area contributed by atoms with E-state index < -0.39 is 0 Å². The van der Waals surface area contributed by atoms with E-state index in [2.05, 4.69) is 104 Å². The van der Waals surface area contributed by atoms with Crippen molar-refractivity contribution in [1.82, 2.24) is 9.97 Å². The highest BCUT2D eigenvalue weighted by Gasteiger charge is 2.23. The Morgan fingerprint density at radius 3 is 1.06 bits per heavy atom. The Balaban J connectivity index is 1.80. The molecule has 0 amide bonds. The molecule has 2 nitrogen and oxygen atoms in total. The van der Waals surface area contributed by atoms with Crippen molar-refractivity contribution in [3.05, 3.63) is 108 Å². The first-order valence-corrected chi connectivity index (χ1v) is 10.9. The van der Waals surface area contributed by atoms with Crippen LogP contribution in [-0.4, -0.2) is 9.97 Å². The molecule has 0 aliphatic carbocycles. The molecule has 0 radical (unpaired) electrons. The first kappa shape index (κ1) is 18.0. The van der Waals surface area contributed by atoms with Crippen LogP contribution in [0.15, 0.2) is 97.1 Å². The Kier molecular flexibility index (Phi) is 4.17. The van der Waals surface area contributed by atoms with Gasteiger partial charge in [-0.05, 0) is 41.8 Å². The molecule has 0 saturated carbocycles. The Bertz CT molecular complexity index is 1360. The Morgan fingerprint density at radius 2 is 0.774 bits per heavy atom. The van der Waals surface area contributed by atoms with E-state index in [1.54, 1.807) is 0 Å². The number of pyridine rings is 2. The van der Waals surface area contributed by atoms with Gasteiger partial charge in [-0.1, -0.05) is 79.7 Å². The summed E-state index contributed by atoms with van der Waals surface area (Å²) in [5.41, 5.74) is 6.94. The second-order valence-electron chi connectivity index (χ2n) is 8.08. The van der Waals surface area contributed by atoms with Crippen molar-refractivity contribution in [1.29, 1.82) is 0 Å². The molecule has 0 aliphatic heterocycles. The predicted molar refractivity (Wildman–Crippen MR) is 131 cm³/mol. The van der Waals surface area contributed by atoms with Crippen LogP contribution in [0.5, 0.6) is 0 Å². The van der Waals surface area contributed by atoms with Crippen LogP contribution in [0, 0.1) is 0 Å². The van der Waals surface area contributed by atoms with Gasteiger partial charge in [-0.25, -0.2) is 9.97 Å². The van der Waals surface area contributed by atoms with Gasteiger partial charge < -0.3 is 0 Å². The molecule has 2 heteroatoms. The van der Waals surface area contributed by atoms with E-state index in [9.17, 15) is 0 Å². The Morgan fingerprint density at radius 1 is 0.484 bits per heavy atom. The number of benzene rings is 4. The quantitative estimate of drug-likeness (QED) is 0.286. The van der Waals surface area contributed by atoms with E-state index in [1.807, 2.05) is 0 Å². The number of nitrogens with zero attached hydrogens (tertiary/aromatic N) is 2. The fourth-order valence-corrected chi connectivity index (χ4v) is 5.05. The van der Waals surface area contributed by atoms with Gasteiger partial charge in [0.15, 0.2) is 0 Å². The zero-order chi connectivity index (χ0) is 20.8. The third-order valence-corrected chi connectivity index (χ3v) is 6.36. The van der Waals surface area contributed by atoms with Crippen LogP contribution >= 0.6 is 0 Å². The topological polar surface area (TPSA) is 25.8 Å². The van der Waals surface area contributed by atoms with Gasteiger partial charge in [-0.2, -0.15) is 0 Å². The molecule has 6 aromatic rings. The van der Waals surface area contributed by atoms with Crippen LogP contribution in [0.1, 0.15) is 30.4 Å². The minimum absolute atomic E-state index is 0.232. The third-order valence-electron chi connectivity index (χ3n) is 6.36. The average Bonchev–Trinajstić information content (AvgIpc) is 2.83. The van der Waals surface area contributed by atoms with Crippen molar-refractivity contribution < 1.29 is 0 Å². The summed E-state index contributed by atoms with van der Waals surface area (Å²) in [5.74, 6) is 0.232. The molecule has 0 N–H and O–H groups in total. The van der Waals surface area contributed by atoms with E-state index >= 15 is 0 Å². The number of para-hydroxylation sites is 4. The molecule has 0 unspecified atom stereocenters. The number of fused-ring (bicyclic) bond motifs is 4. The van der Waals surface area contributed by atoms with E-state index in [-0.39, 0.29) is 5.92 Å². The summed E-state index contributed by atoms with van der Waals surface area (Å²) >= 11 is 0. The lowest BCUT2D eigenvalue weighted by Crippen LogP contribution is -2.05. The lowest BCUT2D eigenvalue weighted by Gasteiger charge is -2.23. The molecule has 0 aliphatic rings. The molecular weight excluding hydrogens is 376 g/mol. The molecule has 148 valence electrons. The van der Waals surface area contributed by atoms with Gasteiger partial charge in [0, 0.05) is 27.5 Å². The van der Waals surface area contributed by atoms with Crippen LogP contribution in [0.4, 0.5) is 0 Å². The smallest absolute Gasteiger partial charge is 0.0712 e. The highest BCUT2D eigenvalue weighted by molar-refractivity contribution is 6.02. The molecule has 2 heterocycles. The second kappa shape index (κ2) is 7.17. The molecule has 0 bridgehead atoms. The first-order valence-electron chi connectivity index (χ1n) is 10.9. The predicted octanol–water partition coefficient (Wildman–Crippen LogP) is 7.63. The molecule has 2 aromatic heterocycles. The second-order valence-corrected chi connectivity index (χ2v) is 8.08. The molecular formula is C29H22N2. The van der Waals surface area contributed by atoms with Crippen molar-refractivity contribution in [2.24, 2.45) is 0 Å². The van der Waals surface area contributed by atoms with Gasteiger partial charge in [0.05, 0.1) is 22.1 Å². The van der Waals surface area contributed by atoms with Gasteiger partial charge in [0.1, 0.15) is 0 Å². The number of rotatable bonds is 3. The largest absolute Gasteiger partial charge is 0.248 e. The van der Waals surface area contributed by atoms with Crippen LogP contribution in [0.2, 0.25) is 0 Å². The number of hydrogen-bond acceptors (Lipinski definition) is 2. The van der Waals surface area contributed by atoms with Crippen LogP contribution in [0.25, 0.3) is 43.6 Å². The van der Waals surface area contributed by atoms with Crippen molar-refractivity contribution >= 4 is 43.6 Å². The van der Waals surface area contributed by atoms with E-state index in [4.69, 9.17) is 9.97 Å². The maximum Gasteiger partial charge on any atom is 0.0712 e. The van der Waals surface area contributed by atoms with Crippen molar-refractivity contribution in [3.8, 4) is 0 Å². The lowest BCUT2D eigenvalue weighted by molar-refractivity contribution is 0.801. The average molecular weight is 399 g/mol. The maximum atomic E-state index is 4.96. The first-order chi connectivity index (χ1) is 15.3. The maximum absolute atomic E-state index is 4.96. The van der Waals surface area contributed by atoms with Gasteiger partial charge in [0.2, 0.25) is 0 Å². The van der Waals surface area contributed by atoms with E-state index in [1.165, 1.54) is 32.7 Å². The molecule has 0 fully saturated rings. The summed E-state index contributed by atoms with van der Waals surface area (Å²) in [4.78, 5) is 9.92. The SMILES string of the molecule is CCC(c1c2ccccc2nc2ccccc12)c1c2ccccc2nc2ccccc12. The standard InChI is InChI=1S/C29H22N2/c1-2-19(28-20-11-3-7-15-24(20)30-25-16-8-4-12-21(25)28)29-22-13-5-9-17-26(22)31-27-18-10-6-14-23(27)29/h3-19H,2H2,1H3. The molecule has 0 spiro atoms. The van der Waals surface area contributed by atoms with Gasteiger partial charge >= 0.3 is 0 Å². The summed E-state index contributed by atoms with van der Waals surface area (Å²) < 4.78 is 0. The molecule has 6 rings (SSSR count).